The van der Waals surface area contributed by atoms with Crippen molar-refractivity contribution in [1.29, 1.82) is 0 Å². The van der Waals surface area contributed by atoms with Gasteiger partial charge >= 0.3 is 0 Å². The molecular weight excluding hydrogens is 1670 g/mol. The molecular formula is C60H29Cl3N16NiO21S7-8. The minimum absolute atomic E-state index is 0. The molecule has 0 saturated heterocycles. The smallest absolute Gasteiger partial charge is 0.280 e. The van der Waals surface area contributed by atoms with Crippen LogP contribution >= 0.6 is 34.8 Å². The van der Waals surface area contributed by atoms with Gasteiger partial charge in [0.15, 0.2) is 17.0 Å². The second-order valence-corrected chi connectivity index (χ2v) is 33.4. The van der Waals surface area contributed by atoms with Crippen LogP contribution in [0.3, 0.4) is 0 Å². The fourth-order valence-electron chi connectivity index (χ4n) is 11.5. The van der Waals surface area contributed by atoms with Gasteiger partial charge in [0.05, 0.1) is 80.3 Å². The number of hydrazone groups is 1. The standard InChI is InChI=1S/C60H35Cl3N16O21S7.Ni/c1-25-47(59(80)79(77-25)35-21-18-26(23-41(35)106(95,96)97)17-19-27-7-2-12-33(48(27)107(98,99)100)64-58-46(61)49(62)65-60(63)74-58)76-75-34-24-28(20-22-36(34)102(83,84)85)78-101(81,82)37-13-3-8-29-42(37)54-66-50(29)68-55-44-31(10-5-15-39(44)104(89,90)91)52(70-55)72-57-45-32(11-6-16-40(45)105(92,93)94)53(73-57)71-56-43-30(51(67-54)69-56)9-4-14-38(43)103(86,87)88;/h2-24,47,78H,1H3,(H7-2,64,65,66,67,68,69,70,71,72,73,74,75,76,83,84,85,86,87,88,89,90,91,92,93,94,95,96,97,98,99,100);/q-2;/p-6. The summed E-state index contributed by atoms with van der Waals surface area (Å²) in [7, 11) is -38.1. The van der Waals surface area contributed by atoms with Gasteiger partial charge in [-0.1, -0.05) is 102 Å². The Labute approximate surface area is 631 Å². The van der Waals surface area contributed by atoms with Crippen LogP contribution in [0.1, 0.15) is 18.1 Å². The molecule has 11 aromatic rings. The molecule has 2 N–H and O–H groups in total. The summed E-state index contributed by atoms with van der Waals surface area (Å²) in [5, 5.41) is 12.2. The Balaban J connectivity index is 0.0000103. The molecule has 108 heavy (non-hydrogen) atoms. The molecule has 556 valence electrons. The first kappa shape index (κ1) is 76.0. The van der Waals surface area contributed by atoms with Crippen molar-refractivity contribution in [2.75, 3.05) is 15.0 Å². The second-order valence-electron chi connectivity index (χ2n) is 22.6. The predicted octanol–water partition coefficient (Wildman–Crippen LogP) is 6.89. The maximum absolute atomic E-state index is 15.1. The van der Waals surface area contributed by atoms with Crippen LogP contribution in [0.4, 0.5) is 28.6 Å². The Bertz CT molecular complexity index is 7000. The van der Waals surface area contributed by atoms with E-state index in [0.29, 0.717) is 17.1 Å². The van der Waals surface area contributed by atoms with Gasteiger partial charge in [-0.2, -0.15) is 25.3 Å². The SMILES string of the molecule is CC1=NN(c2ccc(C=Cc3cccc(Nc4nc(Cl)nc(Cl)c4Cl)c3S(=O)(=O)[O-])cc2S(=O)(=O)[O-])C(=O)C1N=Nc1cc(NS(=O)(=O)c2cccc3c2-c2nc-3nc3[n-]c(nc4nc(nc5[n-]c(n2)c2cccc(S(=O)(=O)[O-])c52)-c2cccc(S(=O)(=O)[O-])c2-4)c2cccc(S(=O)(=O)[O-])c32)ccc1S(=O)(=O)[O-].[Ni]. The first-order chi connectivity index (χ1) is 50.1. The van der Waals surface area contributed by atoms with Gasteiger partial charge in [-0.15, -0.1) is 0 Å². The molecule has 8 bridgehead atoms. The number of nitrogens with zero attached hydrogens (tertiary/aromatic N) is 14. The van der Waals surface area contributed by atoms with Crippen molar-refractivity contribution in [3.8, 4) is 45.6 Å². The van der Waals surface area contributed by atoms with Crippen LogP contribution in [-0.4, -0.2) is 144 Å². The molecule has 4 aromatic heterocycles. The first-order valence-electron chi connectivity index (χ1n) is 29.2. The molecule has 48 heteroatoms. The number of hydrogen-bond donors (Lipinski definition) is 2. The summed E-state index contributed by atoms with van der Waals surface area (Å²) < 4.78 is 264. The number of halogens is 3. The van der Waals surface area contributed by atoms with Crippen molar-refractivity contribution < 1.29 is 108 Å². The number of carbonyl (C=O) groups is 1. The molecule has 14 rings (SSSR count). The normalized spacial score (nSPS) is 14.4. The first-order valence-corrected chi connectivity index (χ1v) is 40.3. The molecule has 0 spiro atoms. The molecule has 3 aliphatic heterocycles. The van der Waals surface area contributed by atoms with Gasteiger partial charge in [-0.05, 0) is 101 Å². The maximum Gasteiger partial charge on any atom is 0.280 e. The van der Waals surface area contributed by atoms with Gasteiger partial charge in [-0.25, -0.2) is 73.9 Å². The number of rotatable bonds is 16. The zero-order valence-electron chi connectivity index (χ0n) is 52.5. The predicted molar refractivity (Wildman–Crippen MR) is 370 cm³/mol. The van der Waals surface area contributed by atoms with Crippen LogP contribution in [0.15, 0.2) is 177 Å². The summed E-state index contributed by atoms with van der Waals surface area (Å²) in [6.07, 6.45) is 2.15. The van der Waals surface area contributed by atoms with Crippen LogP contribution < -0.4 is 25.0 Å². The fraction of sp³-hybridized carbons (Fsp3) is 0.0333. The molecule has 0 aliphatic carbocycles. The van der Waals surface area contributed by atoms with Crippen LogP contribution in [0.5, 0.6) is 0 Å². The number of nitrogens with one attached hydrogen (secondary N) is 2. The number of amides is 1. The van der Waals surface area contributed by atoms with Gasteiger partial charge < -0.3 is 62.5 Å². The summed E-state index contributed by atoms with van der Waals surface area (Å²) in [4.78, 5) is 50.7. The largest absolute Gasteiger partial charge is 0.744 e. The molecule has 0 saturated carbocycles. The third-order valence-corrected chi connectivity index (χ3v) is 23.5. The Morgan fingerprint density at radius 2 is 1.02 bits per heavy atom. The van der Waals surface area contributed by atoms with Crippen molar-refractivity contribution >= 4 is 202 Å². The molecule has 7 aromatic carbocycles. The van der Waals surface area contributed by atoms with Gasteiger partial charge in [0.2, 0.25) is 5.28 Å². The second kappa shape index (κ2) is 27.2. The van der Waals surface area contributed by atoms with Gasteiger partial charge in [-0.3, -0.25) is 9.52 Å². The van der Waals surface area contributed by atoms with Crippen LogP contribution in [0.2, 0.25) is 15.5 Å². The van der Waals surface area contributed by atoms with E-state index in [0.717, 1.165) is 91.0 Å². The third kappa shape index (κ3) is 14.1. The van der Waals surface area contributed by atoms with Crippen LogP contribution in [0.25, 0.3) is 102 Å². The number of carbonyl (C=O) groups excluding carboxylic acids is 1. The molecule has 0 fully saturated rings. The average molecular weight is 1700 g/mol. The van der Waals surface area contributed by atoms with E-state index < -0.39 is 207 Å². The number of azo groups is 1. The molecule has 7 heterocycles. The number of anilines is 4. The molecule has 3 aliphatic rings. The van der Waals surface area contributed by atoms with Crippen LogP contribution in [0, 0.1) is 0 Å². The molecule has 0 radical (unpaired) electrons. The van der Waals surface area contributed by atoms with Crippen LogP contribution in [-0.2, 0) is 92.0 Å². The molecule has 1 atom stereocenters. The number of sulfonamides is 1. The minimum atomic E-state index is -5.59. The van der Waals surface area contributed by atoms with E-state index >= 15 is 8.42 Å². The minimum Gasteiger partial charge on any atom is -0.744 e. The summed E-state index contributed by atoms with van der Waals surface area (Å²) in [6, 6.07) is 19.8. The van der Waals surface area contributed by atoms with E-state index in [1.807, 2.05) is 0 Å². The number of hydrogen-bond acceptors (Lipinski definition) is 33. The molecule has 1 amide bonds. The van der Waals surface area contributed by atoms with Crippen molar-refractivity contribution in [3.63, 3.8) is 0 Å². The average Bonchev–Trinajstić information content (AvgIpc) is 1.57. The van der Waals surface area contributed by atoms with E-state index in [4.69, 9.17) is 34.8 Å². The van der Waals surface area contributed by atoms with E-state index in [9.17, 15) is 82.6 Å². The van der Waals surface area contributed by atoms with E-state index in [1.54, 1.807) is 0 Å². The number of aromatic nitrogens is 10. The Morgan fingerprint density at radius 1 is 0.509 bits per heavy atom. The van der Waals surface area contributed by atoms with E-state index in [2.05, 4.69) is 75.2 Å². The van der Waals surface area contributed by atoms with Gasteiger partial charge in [0.25, 0.3) is 15.9 Å². The van der Waals surface area contributed by atoms with Crippen molar-refractivity contribution in [2.45, 2.75) is 47.2 Å². The van der Waals surface area contributed by atoms with Gasteiger partial charge in [0, 0.05) is 72.1 Å². The maximum atomic E-state index is 15.1. The van der Waals surface area contributed by atoms with Gasteiger partial charge in [0.1, 0.15) is 71.4 Å². The quantitative estimate of drug-likeness (QED) is 0.0248. The Hall–Kier alpha value is -10.2. The van der Waals surface area contributed by atoms with E-state index in [1.165, 1.54) is 43.3 Å². The zero-order valence-corrected chi connectivity index (χ0v) is 61.5. The Kier molecular flexibility index (Phi) is 19.1. The summed E-state index contributed by atoms with van der Waals surface area (Å²) in [5.74, 6) is -3.87. The fourth-order valence-corrected chi connectivity index (χ4v) is 17.5. The molecule has 1 unspecified atom stereocenters. The van der Waals surface area contributed by atoms with Crippen molar-refractivity contribution in [1.82, 2.24) is 49.8 Å². The van der Waals surface area contributed by atoms with Crippen molar-refractivity contribution in [2.24, 2.45) is 15.3 Å². The number of fused-ring (bicyclic) bond motifs is 20. The number of benzene rings is 7. The summed E-state index contributed by atoms with van der Waals surface area (Å²) in [6.45, 7) is 1.17. The molecule has 37 nitrogen and oxygen atoms in total. The van der Waals surface area contributed by atoms with Crippen molar-refractivity contribution in [3.05, 3.63) is 154 Å². The summed E-state index contributed by atoms with van der Waals surface area (Å²) in [5.41, 5.74) is -7.15. The zero-order chi connectivity index (χ0) is 76.7. The third-order valence-electron chi connectivity index (χ3n) is 15.9. The monoisotopic (exact) mass is 1700 g/mol. The topological polar surface area (TPSA) is 590 Å². The van der Waals surface area contributed by atoms with E-state index in [-0.39, 0.29) is 76.9 Å². The summed E-state index contributed by atoms with van der Waals surface area (Å²) >= 11 is 18.1. The Morgan fingerprint density at radius 3 is 1.56 bits per heavy atom.